The summed E-state index contributed by atoms with van der Waals surface area (Å²) in [6.07, 6.45) is 50.8. The fourth-order valence-corrected chi connectivity index (χ4v) is 10.6. The second kappa shape index (κ2) is 49.4. The zero-order valence-electron chi connectivity index (χ0n) is 46.5. The van der Waals surface area contributed by atoms with Crippen LogP contribution < -0.4 is 5.32 Å². The molecule has 1 aliphatic rings. The Labute approximate surface area is 442 Å². The molecule has 1 amide bonds. The number of rotatable bonds is 54. The second-order valence-corrected chi connectivity index (χ2v) is 22.7. The van der Waals surface area contributed by atoms with Crippen LogP contribution in [0.15, 0.2) is 12.2 Å². The summed E-state index contributed by atoms with van der Waals surface area (Å²) >= 11 is 0. The SMILES string of the molecule is CCCCCCCCCCCCCC/C=C\CCCCCCCCCCCCCCC(=O)NC(COC1OC(CO)C(O)C(OS(=O)(=O)O)C1O)C(O)CCCCCCCCCCCCCCCCCCC. The molecular weight excluding hydrogens is 931 g/mol. The Balaban J connectivity index is 2.28. The zero-order chi connectivity index (χ0) is 52.6. The van der Waals surface area contributed by atoms with Gasteiger partial charge in [0.15, 0.2) is 6.29 Å². The van der Waals surface area contributed by atoms with E-state index in [1.165, 1.54) is 225 Å². The number of carbonyl (C=O) groups is 1. The number of hydrogen-bond donors (Lipinski definition) is 6. The number of unbranched alkanes of at least 4 members (excludes halogenated alkanes) is 40. The van der Waals surface area contributed by atoms with Crippen LogP contribution >= 0.6 is 0 Å². The van der Waals surface area contributed by atoms with Crippen molar-refractivity contribution in [2.24, 2.45) is 0 Å². The van der Waals surface area contributed by atoms with E-state index in [2.05, 4.69) is 35.5 Å². The van der Waals surface area contributed by atoms with Gasteiger partial charge in [0, 0.05) is 6.42 Å². The number of aliphatic hydroxyl groups is 4. The van der Waals surface area contributed by atoms with Crippen LogP contribution in [0.25, 0.3) is 0 Å². The van der Waals surface area contributed by atoms with E-state index in [9.17, 15) is 38.2 Å². The number of amides is 1. The fourth-order valence-electron chi connectivity index (χ4n) is 10.1. The first-order chi connectivity index (χ1) is 35.0. The first-order valence-corrected chi connectivity index (χ1v) is 31.9. The van der Waals surface area contributed by atoms with E-state index in [1.807, 2.05) is 0 Å². The maximum absolute atomic E-state index is 13.2. The average molecular weight is 1050 g/mol. The van der Waals surface area contributed by atoms with Gasteiger partial charge in [-0.25, -0.2) is 4.18 Å². The van der Waals surface area contributed by atoms with Gasteiger partial charge in [0.25, 0.3) is 0 Å². The Morgan fingerprint density at radius 3 is 1.25 bits per heavy atom. The minimum atomic E-state index is -5.08. The summed E-state index contributed by atoms with van der Waals surface area (Å²) in [6, 6.07) is -0.856. The standard InChI is InChI=1S/C59H115NO11S/c1-3-5-7-9-11-13-15-17-19-21-22-23-24-25-26-27-28-29-30-31-33-35-37-39-41-43-45-47-49-55(63)60-52(51-69-59-57(65)58(71-72(66,67)68)56(64)54(50-61)70-59)53(62)48-46-44-42-40-38-36-34-32-20-18-16-14-12-10-8-6-4-2/h25-26,52-54,56-59,61-62,64-65H,3-24,27-51H2,1-2H3,(H,60,63)(H,66,67,68)/b26-25-. The summed E-state index contributed by atoms with van der Waals surface area (Å²) in [4.78, 5) is 13.2. The molecular formula is C59H115NO11S. The summed E-state index contributed by atoms with van der Waals surface area (Å²) in [5.74, 6) is -0.225. The highest BCUT2D eigenvalue weighted by Crippen LogP contribution is 2.26. The topological polar surface area (TPSA) is 192 Å². The van der Waals surface area contributed by atoms with Gasteiger partial charge >= 0.3 is 10.4 Å². The molecule has 7 atom stereocenters. The van der Waals surface area contributed by atoms with Crippen LogP contribution in [0.5, 0.6) is 0 Å². The molecule has 428 valence electrons. The molecule has 0 aromatic heterocycles. The van der Waals surface area contributed by atoms with Gasteiger partial charge in [0.2, 0.25) is 5.91 Å². The van der Waals surface area contributed by atoms with Crippen LogP contribution in [-0.2, 0) is 28.9 Å². The van der Waals surface area contributed by atoms with E-state index in [0.717, 1.165) is 51.4 Å². The smallest absolute Gasteiger partial charge is 0.394 e. The van der Waals surface area contributed by atoms with Gasteiger partial charge in [-0.15, -0.1) is 0 Å². The quantitative estimate of drug-likeness (QED) is 0.0193. The van der Waals surface area contributed by atoms with Crippen LogP contribution in [0.4, 0.5) is 0 Å². The Kier molecular flexibility index (Phi) is 47.3. The van der Waals surface area contributed by atoms with Gasteiger partial charge in [-0.1, -0.05) is 270 Å². The molecule has 0 aromatic carbocycles. The summed E-state index contributed by atoms with van der Waals surface area (Å²) in [5, 5.41) is 45.1. The summed E-state index contributed by atoms with van der Waals surface area (Å²) in [5.41, 5.74) is 0. The molecule has 6 N–H and O–H groups in total. The van der Waals surface area contributed by atoms with Crippen molar-refractivity contribution in [2.45, 2.75) is 346 Å². The third kappa shape index (κ3) is 41.1. The molecule has 0 aromatic rings. The number of carbonyl (C=O) groups excluding carboxylic acids is 1. The van der Waals surface area contributed by atoms with Crippen LogP contribution in [0.1, 0.15) is 303 Å². The maximum atomic E-state index is 13.2. The van der Waals surface area contributed by atoms with E-state index in [0.29, 0.717) is 12.8 Å². The van der Waals surface area contributed by atoms with Crippen LogP contribution in [0.3, 0.4) is 0 Å². The van der Waals surface area contributed by atoms with Crippen molar-refractivity contribution in [2.75, 3.05) is 13.2 Å². The lowest BCUT2D eigenvalue weighted by atomic mass is 9.99. The molecule has 7 unspecified atom stereocenters. The lowest BCUT2D eigenvalue weighted by Crippen LogP contribution is -2.61. The first-order valence-electron chi connectivity index (χ1n) is 30.6. The van der Waals surface area contributed by atoms with E-state index in [-0.39, 0.29) is 12.5 Å². The molecule has 0 radical (unpaired) electrons. The molecule has 1 heterocycles. The summed E-state index contributed by atoms with van der Waals surface area (Å²) in [7, 11) is -5.08. The van der Waals surface area contributed by atoms with E-state index < -0.39 is 59.9 Å². The van der Waals surface area contributed by atoms with Gasteiger partial charge in [-0.05, 0) is 38.5 Å². The third-order valence-electron chi connectivity index (χ3n) is 14.8. The third-order valence-corrected chi connectivity index (χ3v) is 15.3. The second-order valence-electron chi connectivity index (χ2n) is 21.6. The van der Waals surface area contributed by atoms with Gasteiger partial charge < -0.3 is 35.2 Å². The van der Waals surface area contributed by atoms with Crippen molar-refractivity contribution >= 4 is 16.3 Å². The van der Waals surface area contributed by atoms with Crippen LogP contribution in [0.2, 0.25) is 0 Å². The molecule has 72 heavy (non-hydrogen) atoms. The zero-order valence-corrected chi connectivity index (χ0v) is 47.3. The summed E-state index contributed by atoms with van der Waals surface area (Å²) < 4.78 is 47.9. The van der Waals surface area contributed by atoms with Gasteiger partial charge in [-0.2, -0.15) is 8.42 Å². The Morgan fingerprint density at radius 1 is 0.542 bits per heavy atom. The number of nitrogens with one attached hydrogen (secondary N) is 1. The Morgan fingerprint density at radius 2 is 0.889 bits per heavy atom. The van der Waals surface area contributed by atoms with Gasteiger partial charge in [0.1, 0.15) is 24.4 Å². The Bertz CT molecular complexity index is 1320. The van der Waals surface area contributed by atoms with Crippen molar-refractivity contribution in [1.82, 2.24) is 5.32 Å². The number of allylic oxidation sites excluding steroid dienone is 2. The van der Waals surface area contributed by atoms with Crippen molar-refractivity contribution < 1.29 is 51.8 Å². The maximum Gasteiger partial charge on any atom is 0.397 e. The fraction of sp³-hybridized carbons (Fsp3) is 0.949. The predicted molar refractivity (Wildman–Crippen MR) is 296 cm³/mol. The highest BCUT2D eigenvalue weighted by molar-refractivity contribution is 7.80. The van der Waals surface area contributed by atoms with Crippen molar-refractivity contribution in [3.8, 4) is 0 Å². The molecule has 13 heteroatoms. The normalized spacial score (nSPS) is 19.3. The van der Waals surface area contributed by atoms with Crippen LogP contribution in [-0.4, -0.2) is 95.4 Å². The van der Waals surface area contributed by atoms with Crippen molar-refractivity contribution in [3.63, 3.8) is 0 Å². The van der Waals surface area contributed by atoms with Crippen molar-refractivity contribution in [1.29, 1.82) is 0 Å². The largest absolute Gasteiger partial charge is 0.397 e. The van der Waals surface area contributed by atoms with E-state index >= 15 is 0 Å². The monoisotopic (exact) mass is 1050 g/mol. The average Bonchev–Trinajstić information content (AvgIpc) is 3.36. The van der Waals surface area contributed by atoms with Crippen LogP contribution in [0, 0.1) is 0 Å². The molecule has 12 nitrogen and oxygen atoms in total. The van der Waals surface area contributed by atoms with E-state index in [1.54, 1.807) is 0 Å². The molecule has 1 aliphatic heterocycles. The minimum absolute atomic E-state index is 0.225. The predicted octanol–water partition coefficient (Wildman–Crippen LogP) is 14.6. The minimum Gasteiger partial charge on any atom is -0.394 e. The highest BCUT2D eigenvalue weighted by Gasteiger charge is 2.48. The molecule has 1 saturated heterocycles. The number of hydrogen-bond acceptors (Lipinski definition) is 10. The lowest BCUT2D eigenvalue weighted by Gasteiger charge is -2.41. The molecule has 1 rings (SSSR count). The molecule has 0 saturated carbocycles. The van der Waals surface area contributed by atoms with Crippen molar-refractivity contribution in [3.05, 3.63) is 12.2 Å². The Hall–Kier alpha value is -1.16. The van der Waals surface area contributed by atoms with Gasteiger partial charge in [0.05, 0.1) is 25.4 Å². The number of aliphatic hydroxyl groups excluding tert-OH is 4. The first kappa shape index (κ1) is 68.9. The van der Waals surface area contributed by atoms with Gasteiger partial charge in [-0.3, -0.25) is 9.35 Å². The molecule has 0 aliphatic carbocycles. The molecule has 0 bridgehead atoms. The van der Waals surface area contributed by atoms with E-state index in [4.69, 9.17) is 9.47 Å². The molecule has 0 spiro atoms. The summed E-state index contributed by atoms with van der Waals surface area (Å²) in [6.45, 7) is 3.50. The highest BCUT2D eigenvalue weighted by atomic mass is 32.3. The molecule has 1 fully saturated rings. The lowest BCUT2D eigenvalue weighted by molar-refractivity contribution is -0.298. The number of ether oxygens (including phenoxy) is 2.